The SMILES string of the molecule is C[C@@H](CNC(=O)COc1ccc(F)c(Cl)c1)c1ccccc1. The Morgan fingerprint density at radius 2 is 2.00 bits per heavy atom. The van der Waals surface area contributed by atoms with Gasteiger partial charge in [0.2, 0.25) is 0 Å². The van der Waals surface area contributed by atoms with E-state index in [9.17, 15) is 9.18 Å². The molecule has 1 N–H and O–H groups in total. The van der Waals surface area contributed by atoms with Crippen molar-refractivity contribution in [3.8, 4) is 5.75 Å². The molecule has 2 rings (SSSR count). The molecule has 0 aliphatic rings. The molecule has 0 radical (unpaired) electrons. The van der Waals surface area contributed by atoms with Crippen LogP contribution in [0.4, 0.5) is 4.39 Å². The van der Waals surface area contributed by atoms with Gasteiger partial charge >= 0.3 is 0 Å². The summed E-state index contributed by atoms with van der Waals surface area (Å²) in [5.41, 5.74) is 1.16. The predicted molar refractivity (Wildman–Crippen MR) is 84.8 cm³/mol. The lowest BCUT2D eigenvalue weighted by molar-refractivity contribution is -0.123. The molecule has 0 aliphatic heterocycles. The molecule has 0 fully saturated rings. The summed E-state index contributed by atoms with van der Waals surface area (Å²) in [7, 11) is 0. The predicted octanol–water partition coefficient (Wildman–Crippen LogP) is 3.78. The molecule has 1 amide bonds. The standard InChI is InChI=1S/C17H17ClFNO2/c1-12(13-5-3-2-4-6-13)10-20-17(21)11-22-14-7-8-16(19)15(18)9-14/h2-9,12H,10-11H2,1H3,(H,20,21)/t12-/m0/s1. The second kappa shape index (κ2) is 7.80. The van der Waals surface area contributed by atoms with Crippen molar-refractivity contribution in [2.75, 3.05) is 13.2 Å². The van der Waals surface area contributed by atoms with Gasteiger partial charge in [0.1, 0.15) is 11.6 Å². The maximum atomic E-state index is 13.0. The molecule has 22 heavy (non-hydrogen) atoms. The lowest BCUT2D eigenvalue weighted by atomic mass is 10.0. The number of rotatable bonds is 6. The fourth-order valence-corrected chi connectivity index (χ4v) is 2.10. The van der Waals surface area contributed by atoms with Crippen molar-refractivity contribution in [3.05, 3.63) is 64.9 Å². The minimum Gasteiger partial charge on any atom is -0.484 e. The number of amides is 1. The second-order valence-electron chi connectivity index (χ2n) is 4.98. The fourth-order valence-electron chi connectivity index (χ4n) is 1.93. The molecule has 2 aromatic rings. The van der Waals surface area contributed by atoms with Crippen molar-refractivity contribution < 1.29 is 13.9 Å². The van der Waals surface area contributed by atoms with E-state index in [0.717, 1.165) is 5.56 Å². The third kappa shape index (κ3) is 4.74. The first kappa shape index (κ1) is 16.3. The van der Waals surface area contributed by atoms with Gasteiger partial charge in [-0.05, 0) is 23.6 Å². The molecule has 0 aromatic heterocycles. The van der Waals surface area contributed by atoms with Crippen molar-refractivity contribution in [2.24, 2.45) is 0 Å². The molecule has 0 unspecified atom stereocenters. The van der Waals surface area contributed by atoms with E-state index < -0.39 is 5.82 Å². The van der Waals surface area contributed by atoms with Crippen LogP contribution in [0.3, 0.4) is 0 Å². The molecule has 5 heteroatoms. The van der Waals surface area contributed by atoms with Gasteiger partial charge in [-0.1, -0.05) is 48.9 Å². The third-order valence-electron chi connectivity index (χ3n) is 3.24. The third-order valence-corrected chi connectivity index (χ3v) is 3.52. The van der Waals surface area contributed by atoms with Crippen LogP contribution in [0.5, 0.6) is 5.75 Å². The average molecular weight is 322 g/mol. The number of carbonyl (C=O) groups is 1. The van der Waals surface area contributed by atoms with E-state index in [4.69, 9.17) is 16.3 Å². The molecule has 1 atom stereocenters. The summed E-state index contributed by atoms with van der Waals surface area (Å²) in [5, 5.41) is 2.77. The monoisotopic (exact) mass is 321 g/mol. The number of nitrogens with one attached hydrogen (secondary N) is 1. The van der Waals surface area contributed by atoms with Crippen LogP contribution in [-0.2, 0) is 4.79 Å². The van der Waals surface area contributed by atoms with Gasteiger partial charge in [0, 0.05) is 12.6 Å². The van der Waals surface area contributed by atoms with Crippen molar-refractivity contribution in [2.45, 2.75) is 12.8 Å². The Morgan fingerprint density at radius 1 is 1.27 bits per heavy atom. The lowest BCUT2D eigenvalue weighted by Crippen LogP contribution is -2.31. The summed E-state index contributed by atoms with van der Waals surface area (Å²) in [5.74, 6) is -0.179. The quantitative estimate of drug-likeness (QED) is 0.879. The fraction of sp³-hybridized carbons (Fsp3) is 0.235. The summed E-state index contributed by atoms with van der Waals surface area (Å²) in [6, 6.07) is 13.9. The second-order valence-corrected chi connectivity index (χ2v) is 5.39. The Kier molecular flexibility index (Phi) is 5.78. The summed E-state index contributed by atoms with van der Waals surface area (Å²) in [6.07, 6.45) is 0. The minimum atomic E-state index is -0.518. The molecule has 0 saturated carbocycles. The number of halogens is 2. The topological polar surface area (TPSA) is 38.3 Å². The zero-order valence-electron chi connectivity index (χ0n) is 12.2. The average Bonchev–Trinajstić information content (AvgIpc) is 2.54. The van der Waals surface area contributed by atoms with Gasteiger partial charge in [-0.15, -0.1) is 0 Å². The Balaban J connectivity index is 1.77. The van der Waals surface area contributed by atoms with Crippen molar-refractivity contribution in [1.29, 1.82) is 0 Å². The van der Waals surface area contributed by atoms with Gasteiger partial charge in [-0.3, -0.25) is 4.79 Å². The van der Waals surface area contributed by atoms with Crippen LogP contribution >= 0.6 is 11.6 Å². The highest BCUT2D eigenvalue weighted by Crippen LogP contribution is 2.21. The molecule has 3 nitrogen and oxygen atoms in total. The number of ether oxygens (including phenoxy) is 1. The highest BCUT2D eigenvalue weighted by Gasteiger charge is 2.09. The van der Waals surface area contributed by atoms with E-state index in [1.165, 1.54) is 18.2 Å². The first-order chi connectivity index (χ1) is 10.6. The first-order valence-corrected chi connectivity index (χ1v) is 7.33. The van der Waals surface area contributed by atoms with E-state index in [1.54, 1.807) is 0 Å². The molecule has 0 bridgehead atoms. The normalized spacial score (nSPS) is 11.8. The van der Waals surface area contributed by atoms with E-state index >= 15 is 0 Å². The van der Waals surface area contributed by atoms with Crippen LogP contribution in [0, 0.1) is 5.82 Å². The van der Waals surface area contributed by atoms with Crippen LogP contribution in [0.15, 0.2) is 48.5 Å². The molecule has 116 valence electrons. The Morgan fingerprint density at radius 3 is 2.68 bits per heavy atom. The van der Waals surface area contributed by atoms with Crippen LogP contribution in [0.25, 0.3) is 0 Å². The van der Waals surface area contributed by atoms with E-state index in [0.29, 0.717) is 12.3 Å². The van der Waals surface area contributed by atoms with E-state index in [2.05, 4.69) is 5.32 Å². The largest absolute Gasteiger partial charge is 0.484 e. The Hall–Kier alpha value is -2.07. The molecule has 0 heterocycles. The zero-order valence-corrected chi connectivity index (χ0v) is 12.9. The smallest absolute Gasteiger partial charge is 0.257 e. The molecule has 0 aliphatic carbocycles. The van der Waals surface area contributed by atoms with Crippen molar-refractivity contribution in [1.82, 2.24) is 5.32 Å². The summed E-state index contributed by atoms with van der Waals surface area (Å²) < 4.78 is 18.3. The number of benzene rings is 2. The Labute approximate surface area is 134 Å². The molecule has 2 aromatic carbocycles. The maximum Gasteiger partial charge on any atom is 0.257 e. The maximum absolute atomic E-state index is 13.0. The molecule has 0 saturated heterocycles. The van der Waals surface area contributed by atoms with Gasteiger partial charge < -0.3 is 10.1 Å². The number of hydrogen-bond acceptors (Lipinski definition) is 2. The zero-order chi connectivity index (χ0) is 15.9. The van der Waals surface area contributed by atoms with Crippen LogP contribution in [0.1, 0.15) is 18.4 Å². The number of carbonyl (C=O) groups excluding carboxylic acids is 1. The van der Waals surface area contributed by atoms with Crippen LogP contribution in [-0.4, -0.2) is 19.1 Å². The van der Waals surface area contributed by atoms with Gasteiger partial charge in [-0.25, -0.2) is 4.39 Å². The van der Waals surface area contributed by atoms with Crippen molar-refractivity contribution in [3.63, 3.8) is 0 Å². The minimum absolute atomic E-state index is 0.0318. The highest BCUT2D eigenvalue weighted by molar-refractivity contribution is 6.30. The summed E-state index contributed by atoms with van der Waals surface area (Å²) in [4.78, 5) is 11.8. The molecule has 0 spiro atoms. The van der Waals surface area contributed by atoms with E-state index in [-0.39, 0.29) is 23.5 Å². The number of hydrogen-bond donors (Lipinski definition) is 1. The van der Waals surface area contributed by atoms with Gasteiger partial charge in [0.25, 0.3) is 5.91 Å². The Bertz CT molecular complexity index is 634. The first-order valence-electron chi connectivity index (χ1n) is 6.95. The van der Waals surface area contributed by atoms with Gasteiger partial charge in [0.15, 0.2) is 6.61 Å². The van der Waals surface area contributed by atoms with Crippen molar-refractivity contribution >= 4 is 17.5 Å². The van der Waals surface area contributed by atoms with E-state index in [1.807, 2.05) is 37.3 Å². The summed E-state index contributed by atoms with van der Waals surface area (Å²) in [6.45, 7) is 2.43. The highest BCUT2D eigenvalue weighted by atomic mass is 35.5. The van der Waals surface area contributed by atoms with Crippen LogP contribution in [0.2, 0.25) is 5.02 Å². The van der Waals surface area contributed by atoms with Crippen LogP contribution < -0.4 is 10.1 Å². The molecular formula is C17H17ClFNO2. The molecular weight excluding hydrogens is 305 g/mol. The summed E-state index contributed by atoms with van der Waals surface area (Å²) >= 11 is 5.64. The van der Waals surface area contributed by atoms with Gasteiger partial charge in [0.05, 0.1) is 5.02 Å². The van der Waals surface area contributed by atoms with Gasteiger partial charge in [-0.2, -0.15) is 0 Å². The lowest BCUT2D eigenvalue weighted by Gasteiger charge is -2.13.